The fourth-order valence-electron chi connectivity index (χ4n) is 11.9. The number of carbonyl (C=O) groups excluding carboxylic acids is 2. The average molecular weight is 1530 g/mol. The Balaban J connectivity index is 0.000000208. The van der Waals surface area contributed by atoms with Crippen molar-refractivity contribution < 1.29 is 145 Å². The fraction of sp³-hybridized carbons (Fsp3) is 0.114. The molecule has 0 saturated carbocycles. The van der Waals surface area contributed by atoms with Crippen molar-refractivity contribution in [2.45, 2.75) is 49.4 Å². The van der Waals surface area contributed by atoms with Crippen LogP contribution >= 0.6 is 0 Å². The Bertz CT molecular complexity index is 4470. The van der Waals surface area contributed by atoms with E-state index in [0.717, 1.165) is 43.1 Å². The van der Waals surface area contributed by atoms with Gasteiger partial charge in [-0.2, -0.15) is 127 Å². The number of ketones is 2. The predicted octanol–water partition coefficient (Wildman–Crippen LogP) is 17.3. The van der Waals surface area contributed by atoms with Gasteiger partial charge in [0, 0.05) is 23.3 Å². The first kappa shape index (κ1) is 71.5. The predicted molar refractivity (Wildman–Crippen MR) is 315 cm³/mol. The van der Waals surface area contributed by atoms with Crippen LogP contribution in [0.2, 0.25) is 0 Å². The first-order valence-corrected chi connectivity index (χ1v) is 30.7. The Labute approximate surface area is 555 Å². The highest BCUT2D eigenvalue weighted by molar-refractivity contribution is 7.20. The Morgan fingerprint density at radius 3 is 0.660 bits per heavy atom. The van der Waals surface area contributed by atoms with E-state index in [-0.39, 0.29) is 11.6 Å². The van der Waals surface area contributed by atoms with Gasteiger partial charge in [-0.3, -0.25) is 9.59 Å². The maximum absolute atomic E-state index is 14.2. The van der Waals surface area contributed by atoms with Crippen molar-refractivity contribution in [2.24, 2.45) is 0 Å². The molecule has 516 valence electrons. The molecule has 2 heterocycles. The Kier molecular flexibility index (Phi) is 18.2. The van der Waals surface area contributed by atoms with Crippen LogP contribution in [0.15, 0.2) is 215 Å². The molecule has 0 aliphatic heterocycles. The van der Waals surface area contributed by atoms with E-state index >= 15 is 0 Å². The highest BCUT2D eigenvalue weighted by Crippen LogP contribution is 2.43. The summed E-state index contributed by atoms with van der Waals surface area (Å²) >= 11 is -0.900. The van der Waals surface area contributed by atoms with Crippen molar-refractivity contribution in [2.75, 3.05) is 0 Å². The standard InChI is InChI=1S/C38H22IO4.C32H12BF24/c40-37(35-27-13-5-1-9-23(27)21-24-10-2-6-14-28(24)35)31-17-19-33(42-31)39-34-20-18-32(43-34)38(41)36-29-15-7-3-11-25(29)22-26-12-4-8-16-30(26)36;34-25(35,36)13-1-14(26(37,38)39)6-21(5-13)33(22-7-15(27(40,41)42)2-16(8-22)28(43,44)45,23-9-17(29(46,47)48)3-18(10-23)30(49,50)51)24-11-19(31(52,53)54)4-20(12-24)32(55,56)57/h1-22H;1-12H/q+1;-1. The van der Waals surface area contributed by atoms with Crippen LogP contribution in [0.25, 0.3) is 43.1 Å². The monoisotopic (exact) mass is 1530 g/mol. The summed E-state index contributed by atoms with van der Waals surface area (Å²) < 4.78 is 354. The van der Waals surface area contributed by atoms with Crippen LogP contribution in [0.5, 0.6) is 0 Å². The number of benzene rings is 10. The normalized spacial score (nSPS) is 13.1. The molecule has 0 bridgehead atoms. The lowest BCUT2D eigenvalue weighted by Gasteiger charge is -2.46. The Morgan fingerprint density at radius 1 is 0.260 bits per heavy atom. The van der Waals surface area contributed by atoms with E-state index in [1.54, 1.807) is 12.1 Å². The summed E-state index contributed by atoms with van der Waals surface area (Å²) in [4.78, 5) is 27.7. The Morgan fingerprint density at radius 2 is 0.460 bits per heavy atom. The van der Waals surface area contributed by atoms with E-state index in [2.05, 4.69) is 12.1 Å². The topological polar surface area (TPSA) is 60.4 Å². The van der Waals surface area contributed by atoms with Gasteiger partial charge in [0.1, 0.15) is 6.15 Å². The first-order chi connectivity index (χ1) is 46.4. The number of furan rings is 2. The van der Waals surface area contributed by atoms with Gasteiger partial charge in [-0.1, -0.05) is 146 Å². The quantitative estimate of drug-likeness (QED) is 0.0450. The third kappa shape index (κ3) is 14.4. The molecular formula is C70H34BF24IO4. The summed E-state index contributed by atoms with van der Waals surface area (Å²) in [6.45, 7) is 0. The third-order valence-electron chi connectivity index (χ3n) is 16.2. The van der Waals surface area contributed by atoms with Gasteiger partial charge in [0.15, 0.2) is 11.5 Å². The van der Waals surface area contributed by atoms with E-state index in [1.807, 2.05) is 109 Å². The molecule has 12 rings (SSSR count). The maximum atomic E-state index is 14.2. The summed E-state index contributed by atoms with van der Waals surface area (Å²) in [5.41, 5.74) is -28.9. The number of carbonyl (C=O) groups is 2. The number of hydrogen-bond donors (Lipinski definition) is 0. The van der Waals surface area contributed by atoms with Gasteiger partial charge in [-0.15, -0.1) is 0 Å². The minimum Gasteiger partial charge on any atom is -0.414 e. The molecule has 0 spiro atoms. The average Bonchev–Trinajstić information content (AvgIpc) is 0.795. The minimum absolute atomic E-state index is 0.151. The van der Waals surface area contributed by atoms with Gasteiger partial charge >= 0.3 is 78.1 Å². The van der Waals surface area contributed by atoms with Crippen LogP contribution in [0.4, 0.5) is 105 Å². The zero-order chi connectivity index (χ0) is 72.8. The minimum atomic E-state index is -6.13. The second kappa shape index (κ2) is 25.5. The molecule has 0 unspecified atom stereocenters. The van der Waals surface area contributed by atoms with Gasteiger partial charge in [0.05, 0.1) is 44.5 Å². The molecule has 0 atom stereocenters. The summed E-state index contributed by atoms with van der Waals surface area (Å²) in [5.74, 6) is 0.283. The molecule has 30 heteroatoms. The molecule has 0 N–H and O–H groups in total. The van der Waals surface area contributed by atoms with Crippen LogP contribution < -0.4 is 43.1 Å². The molecule has 10 aromatic carbocycles. The van der Waals surface area contributed by atoms with E-state index in [1.165, 1.54) is 0 Å². The number of hydrogen-bond acceptors (Lipinski definition) is 4. The molecule has 0 aliphatic rings. The molecular weight excluding hydrogens is 1500 g/mol. The number of alkyl halides is 24. The molecule has 100 heavy (non-hydrogen) atoms. The summed E-state index contributed by atoms with van der Waals surface area (Å²) in [5, 5.41) is 7.63. The van der Waals surface area contributed by atoms with Gasteiger partial charge in [0.25, 0.3) is 0 Å². The van der Waals surface area contributed by atoms with E-state index in [4.69, 9.17) is 8.83 Å². The summed E-state index contributed by atoms with van der Waals surface area (Å²) in [6.07, 6.45) is -54.8. The zero-order valence-electron chi connectivity index (χ0n) is 49.3. The molecule has 0 saturated heterocycles. The maximum Gasteiger partial charge on any atom is 0.443 e. The highest BCUT2D eigenvalue weighted by Gasteiger charge is 2.48. The molecule has 12 aromatic rings. The van der Waals surface area contributed by atoms with Gasteiger partial charge in [-0.05, 0) is 91.6 Å². The smallest absolute Gasteiger partial charge is 0.414 e. The molecule has 0 aliphatic carbocycles. The van der Waals surface area contributed by atoms with Crippen molar-refractivity contribution in [1.29, 1.82) is 0 Å². The lowest BCUT2D eigenvalue weighted by Crippen LogP contribution is -3.61. The number of halogens is 25. The van der Waals surface area contributed by atoms with Crippen LogP contribution in [-0.4, -0.2) is 17.7 Å². The van der Waals surface area contributed by atoms with Gasteiger partial charge in [0.2, 0.25) is 11.6 Å². The largest absolute Gasteiger partial charge is 0.443 e. The van der Waals surface area contributed by atoms with Crippen molar-refractivity contribution in [1.82, 2.24) is 0 Å². The summed E-state index contributed by atoms with van der Waals surface area (Å²) in [6, 6.07) is 34.3. The van der Waals surface area contributed by atoms with Gasteiger partial charge < -0.3 is 8.83 Å². The fourth-order valence-corrected chi connectivity index (χ4v) is 13.8. The van der Waals surface area contributed by atoms with Crippen molar-refractivity contribution in [3.63, 3.8) is 0 Å². The highest BCUT2D eigenvalue weighted by atomic mass is 127. The lowest BCUT2D eigenvalue weighted by atomic mass is 9.12. The van der Waals surface area contributed by atoms with Crippen molar-refractivity contribution in [3.8, 4) is 0 Å². The van der Waals surface area contributed by atoms with Crippen LogP contribution in [0, 0.1) is 7.53 Å². The zero-order valence-corrected chi connectivity index (χ0v) is 51.4. The second-order valence-electron chi connectivity index (χ2n) is 22.6. The summed E-state index contributed by atoms with van der Waals surface area (Å²) in [7, 11) is 0. The first-order valence-electron chi connectivity index (χ1n) is 28.5. The van der Waals surface area contributed by atoms with E-state index < -0.39 is 216 Å². The molecule has 2 aromatic heterocycles. The van der Waals surface area contributed by atoms with E-state index in [0.29, 0.717) is 30.2 Å². The number of fused-ring (bicyclic) bond motifs is 4. The van der Waals surface area contributed by atoms with E-state index in [9.17, 15) is 115 Å². The SMILES string of the molecule is FC(F)(F)c1cc([B-](c2cc(C(F)(F)F)cc(C(F)(F)F)c2)(c2cc(C(F)(F)F)cc(C(F)(F)F)c2)c2cc(C(F)(F)F)cc(C(F)(F)F)c2)cc(C(F)(F)F)c1.O=C(c1ccc([I+]c2ccc(C(=O)c3c4ccccc4cc4ccccc34)o2)o1)c1c2ccccc2cc2ccccc12. The van der Waals surface area contributed by atoms with Crippen molar-refractivity contribution in [3.05, 3.63) is 281 Å². The molecule has 0 radical (unpaired) electrons. The van der Waals surface area contributed by atoms with Gasteiger partial charge in [-0.25, -0.2) is 0 Å². The molecule has 0 fully saturated rings. The number of rotatable bonds is 10. The third-order valence-corrected chi connectivity index (χ3v) is 18.4. The molecule has 4 nitrogen and oxygen atoms in total. The lowest BCUT2D eigenvalue weighted by molar-refractivity contribution is -0.636. The van der Waals surface area contributed by atoms with Crippen LogP contribution in [0.3, 0.4) is 0 Å². The van der Waals surface area contributed by atoms with Crippen LogP contribution in [0.1, 0.15) is 76.7 Å². The van der Waals surface area contributed by atoms with Crippen LogP contribution in [-0.2, 0) is 49.4 Å². The van der Waals surface area contributed by atoms with Crippen molar-refractivity contribution >= 4 is 82.7 Å². The Hall–Kier alpha value is -9.75. The molecule has 0 amide bonds. The second-order valence-corrected chi connectivity index (χ2v) is 25.2.